The number of benzene rings is 3. The molecule has 0 N–H and O–H groups in total. The topological polar surface area (TPSA) is 56.5 Å². The summed E-state index contributed by atoms with van der Waals surface area (Å²) in [4.78, 5) is 26.2. The zero-order chi connectivity index (χ0) is 19.7. The Morgan fingerprint density at radius 3 is 2.29 bits per heavy atom. The van der Waals surface area contributed by atoms with Gasteiger partial charge < -0.3 is 9.15 Å². The number of ketones is 1. The van der Waals surface area contributed by atoms with Crippen molar-refractivity contribution in [3.05, 3.63) is 99.9 Å². The van der Waals surface area contributed by atoms with Crippen molar-refractivity contribution in [1.82, 2.24) is 0 Å². The molecule has 4 aromatic rings. The summed E-state index contributed by atoms with van der Waals surface area (Å²) in [7, 11) is 1.56. The molecule has 0 aliphatic rings. The molecule has 0 aliphatic carbocycles. The molecule has 0 spiro atoms. The van der Waals surface area contributed by atoms with Crippen molar-refractivity contribution < 1.29 is 13.9 Å². The number of rotatable bonds is 4. The van der Waals surface area contributed by atoms with Gasteiger partial charge >= 0.3 is 5.63 Å². The van der Waals surface area contributed by atoms with E-state index in [0.29, 0.717) is 22.5 Å². The first-order chi connectivity index (χ1) is 13.6. The quantitative estimate of drug-likeness (QED) is 0.374. The van der Waals surface area contributed by atoms with Crippen molar-refractivity contribution in [2.75, 3.05) is 7.11 Å². The molecule has 0 amide bonds. The number of carbonyl (C=O) groups excluding carboxylic acids is 1. The van der Waals surface area contributed by atoms with E-state index in [2.05, 4.69) is 0 Å². The van der Waals surface area contributed by atoms with Gasteiger partial charge in [-0.25, -0.2) is 4.79 Å². The standard InChI is InChI=1S/C24H18O4/c1-15-7-3-4-8-18(15)21-19-9-5-6-10-20(19)28-24(26)22(21)23(25)16-11-13-17(27-2)14-12-16/h3-14H,1-2H3. The lowest BCUT2D eigenvalue weighted by Crippen LogP contribution is -2.17. The summed E-state index contributed by atoms with van der Waals surface area (Å²) in [5, 5.41) is 0.730. The van der Waals surface area contributed by atoms with E-state index in [1.165, 1.54) is 0 Å². The maximum atomic E-state index is 13.3. The Morgan fingerprint density at radius 1 is 0.893 bits per heavy atom. The van der Waals surface area contributed by atoms with Crippen LogP contribution >= 0.6 is 0 Å². The molecule has 4 rings (SSSR count). The average molecular weight is 370 g/mol. The molecule has 0 bridgehead atoms. The molecule has 1 aromatic heterocycles. The second-order valence-corrected chi connectivity index (χ2v) is 6.51. The second-order valence-electron chi connectivity index (χ2n) is 6.51. The van der Waals surface area contributed by atoms with Crippen molar-refractivity contribution in [2.24, 2.45) is 0 Å². The normalized spacial score (nSPS) is 10.8. The van der Waals surface area contributed by atoms with Crippen molar-refractivity contribution in [2.45, 2.75) is 6.92 Å². The van der Waals surface area contributed by atoms with Crippen LogP contribution in [0.2, 0.25) is 0 Å². The molecule has 0 radical (unpaired) electrons. The third-order valence-corrected chi connectivity index (χ3v) is 4.81. The van der Waals surface area contributed by atoms with Crippen molar-refractivity contribution in [3.8, 4) is 16.9 Å². The molecule has 4 heteroatoms. The molecule has 3 aromatic carbocycles. The molecule has 1 heterocycles. The number of hydrogen-bond acceptors (Lipinski definition) is 4. The monoisotopic (exact) mass is 370 g/mol. The predicted octanol–water partition coefficient (Wildman–Crippen LogP) is 5.01. The first kappa shape index (κ1) is 17.7. The third kappa shape index (κ3) is 2.99. The highest BCUT2D eigenvalue weighted by atomic mass is 16.5. The van der Waals surface area contributed by atoms with Crippen LogP contribution in [-0.4, -0.2) is 12.9 Å². The van der Waals surface area contributed by atoms with E-state index in [1.807, 2.05) is 43.3 Å². The van der Waals surface area contributed by atoms with E-state index in [9.17, 15) is 9.59 Å². The van der Waals surface area contributed by atoms with Gasteiger partial charge in [-0.15, -0.1) is 0 Å². The van der Waals surface area contributed by atoms with Crippen molar-refractivity contribution >= 4 is 16.8 Å². The summed E-state index contributed by atoms with van der Waals surface area (Å²) < 4.78 is 10.6. The molecular weight excluding hydrogens is 352 g/mol. The van der Waals surface area contributed by atoms with Gasteiger partial charge in [-0.05, 0) is 48.4 Å². The summed E-state index contributed by atoms with van der Waals surface area (Å²) in [6, 6.07) is 21.7. The van der Waals surface area contributed by atoms with Crippen LogP contribution in [0.15, 0.2) is 82.0 Å². The molecule has 0 fully saturated rings. The number of para-hydroxylation sites is 1. The summed E-state index contributed by atoms with van der Waals surface area (Å²) >= 11 is 0. The Morgan fingerprint density at radius 2 is 1.57 bits per heavy atom. The van der Waals surface area contributed by atoms with E-state index in [-0.39, 0.29) is 11.3 Å². The van der Waals surface area contributed by atoms with Gasteiger partial charge in [0.2, 0.25) is 5.78 Å². The maximum Gasteiger partial charge on any atom is 0.348 e. The lowest BCUT2D eigenvalue weighted by atomic mass is 9.90. The van der Waals surface area contributed by atoms with Gasteiger partial charge in [-0.2, -0.15) is 0 Å². The van der Waals surface area contributed by atoms with Crippen LogP contribution in [0, 0.1) is 6.92 Å². The number of aryl methyl sites for hydroxylation is 1. The SMILES string of the molecule is COc1ccc(C(=O)c2c(-c3ccccc3C)c3ccccc3oc2=O)cc1. The first-order valence-corrected chi connectivity index (χ1v) is 8.90. The highest BCUT2D eigenvalue weighted by Crippen LogP contribution is 2.33. The molecule has 0 unspecified atom stereocenters. The van der Waals surface area contributed by atoms with E-state index in [0.717, 1.165) is 16.5 Å². The molecule has 0 saturated carbocycles. The first-order valence-electron chi connectivity index (χ1n) is 8.90. The lowest BCUT2D eigenvalue weighted by molar-refractivity contribution is 0.103. The van der Waals surface area contributed by atoms with Crippen LogP contribution in [-0.2, 0) is 0 Å². The molecular formula is C24H18O4. The minimum absolute atomic E-state index is 0.0400. The van der Waals surface area contributed by atoms with Crippen LogP contribution in [0.25, 0.3) is 22.1 Å². The van der Waals surface area contributed by atoms with Gasteiger partial charge in [-0.3, -0.25) is 4.79 Å². The lowest BCUT2D eigenvalue weighted by Gasteiger charge is -2.13. The fourth-order valence-corrected chi connectivity index (χ4v) is 3.38. The zero-order valence-corrected chi connectivity index (χ0v) is 15.6. The summed E-state index contributed by atoms with van der Waals surface area (Å²) in [5.74, 6) is 0.265. The number of hydrogen-bond donors (Lipinski definition) is 0. The summed E-state index contributed by atoms with van der Waals surface area (Å²) in [6.07, 6.45) is 0. The Kier molecular flexibility index (Phi) is 4.53. The average Bonchev–Trinajstić information content (AvgIpc) is 2.73. The van der Waals surface area contributed by atoms with Gasteiger partial charge in [-0.1, -0.05) is 42.5 Å². The van der Waals surface area contributed by atoms with E-state index in [1.54, 1.807) is 43.5 Å². The van der Waals surface area contributed by atoms with Crippen LogP contribution in [0.1, 0.15) is 21.5 Å². The fourth-order valence-electron chi connectivity index (χ4n) is 3.38. The Bertz CT molecular complexity index is 1230. The molecule has 0 atom stereocenters. The smallest absolute Gasteiger partial charge is 0.348 e. The second kappa shape index (κ2) is 7.16. The molecule has 138 valence electrons. The zero-order valence-electron chi connectivity index (χ0n) is 15.6. The van der Waals surface area contributed by atoms with Crippen LogP contribution in [0.5, 0.6) is 5.75 Å². The van der Waals surface area contributed by atoms with Crippen molar-refractivity contribution in [1.29, 1.82) is 0 Å². The van der Waals surface area contributed by atoms with Gasteiger partial charge in [0.15, 0.2) is 0 Å². The summed E-state index contributed by atoms with van der Waals surface area (Å²) in [5.41, 5.74) is 2.67. The molecule has 28 heavy (non-hydrogen) atoms. The third-order valence-electron chi connectivity index (χ3n) is 4.81. The van der Waals surface area contributed by atoms with Crippen molar-refractivity contribution in [3.63, 3.8) is 0 Å². The number of carbonyl (C=O) groups is 1. The number of fused-ring (bicyclic) bond motifs is 1. The van der Waals surface area contributed by atoms with E-state index >= 15 is 0 Å². The molecule has 0 aliphatic heterocycles. The fraction of sp³-hybridized carbons (Fsp3) is 0.0833. The van der Waals surface area contributed by atoms with E-state index in [4.69, 9.17) is 9.15 Å². The number of ether oxygens (including phenoxy) is 1. The minimum Gasteiger partial charge on any atom is -0.497 e. The van der Waals surface area contributed by atoms with Gasteiger partial charge in [0.1, 0.15) is 16.9 Å². The molecule has 4 nitrogen and oxygen atoms in total. The highest BCUT2D eigenvalue weighted by Gasteiger charge is 2.24. The van der Waals surface area contributed by atoms with Gasteiger partial charge in [0.25, 0.3) is 0 Å². The number of methoxy groups -OCH3 is 1. The summed E-state index contributed by atoms with van der Waals surface area (Å²) in [6.45, 7) is 1.96. The van der Waals surface area contributed by atoms with Gasteiger partial charge in [0, 0.05) is 16.5 Å². The Hall–Kier alpha value is -3.66. The van der Waals surface area contributed by atoms with Crippen LogP contribution < -0.4 is 10.4 Å². The molecule has 0 saturated heterocycles. The van der Waals surface area contributed by atoms with Gasteiger partial charge in [0.05, 0.1) is 7.11 Å². The predicted molar refractivity (Wildman–Crippen MR) is 109 cm³/mol. The Balaban J connectivity index is 2.04. The Labute approximate surface area is 162 Å². The van der Waals surface area contributed by atoms with Crippen LogP contribution in [0.3, 0.4) is 0 Å². The highest BCUT2D eigenvalue weighted by molar-refractivity contribution is 6.16. The van der Waals surface area contributed by atoms with E-state index < -0.39 is 5.63 Å². The largest absolute Gasteiger partial charge is 0.497 e. The maximum absolute atomic E-state index is 13.3. The minimum atomic E-state index is -0.641. The van der Waals surface area contributed by atoms with Crippen LogP contribution in [0.4, 0.5) is 0 Å².